The van der Waals surface area contributed by atoms with Gasteiger partial charge in [-0.15, -0.1) is 0 Å². The lowest BCUT2D eigenvalue weighted by atomic mass is 9.86. The molecule has 2 atom stereocenters. The second-order valence-corrected chi connectivity index (χ2v) is 4.40. The van der Waals surface area contributed by atoms with E-state index in [9.17, 15) is 5.11 Å². The van der Waals surface area contributed by atoms with Crippen LogP contribution in [0, 0.1) is 5.92 Å². The van der Waals surface area contributed by atoms with Crippen LogP contribution in [-0.4, -0.2) is 22.9 Å². The SMILES string of the molecule is CC(C)CC(c1ccccc1)C(O)CO. The van der Waals surface area contributed by atoms with Crippen LogP contribution in [0.25, 0.3) is 0 Å². The lowest BCUT2D eigenvalue weighted by Crippen LogP contribution is -2.23. The van der Waals surface area contributed by atoms with E-state index in [1.54, 1.807) is 0 Å². The average molecular weight is 208 g/mol. The third-order valence-electron chi connectivity index (χ3n) is 2.60. The summed E-state index contributed by atoms with van der Waals surface area (Å²) in [5, 5.41) is 18.8. The molecule has 2 N–H and O–H groups in total. The number of benzene rings is 1. The van der Waals surface area contributed by atoms with Gasteiger partial charge in [0.2, 0.25) is 0 Å². The largest absolute Gasteiger partial charge is 0.394 e. The van der Waals surface area contributed by atoms with Gasteiger partial charge in [-0.2, -0.15) is 0 Å². The van der Waals surface area contributed by atoms with Crippen molar-refractivity contribution >= 4 is 0 Å². The molecule has 0 saturated heterocycles. The summed E-state index contributed by atoms with van der Waals surface area (Å²) in [4.78, 5) is 0. The molecule has 0 bridgehead atoms. The third kappa shape index (κ3) is 3.65. The molecule has 0 heterocycles. The maximum atomic E-state index is 9.77. The molecule has 15 heavy (non-hydrogen) atoms. The van der Waals surface area contributed by atoms with E-state index in [2.05, 4.69) is 13.8 Å². The van der Waals surface area contributed by atoms with E-state index in [1.807, 2.05) is 30.3 Å². The molecule has 0 amide bonds. The quantitative estimate of drug-likeness (QED) is 0.778. The van der Waals surface area contributed by atoms with Crippen LogP contribution >= 0.6 is 0 Å². The number of hydrogen-bond donors (Lipinski definition) is 2. The minimum absolute atomic E-state index is 0.0381. The van der Waals surface area contributed by atoms with Crippen LogP contribution in [0.3, 0.4) is 0 Å². The van der Waals surface area contributed by atoms with Gasteiger partial charge < -0.3 is 10.2 Å². The molecule has 1 aromatic carbocycles. The Bertz CT molecular complexity index is 269. The Morgan fingerprint density at radius 2 is 1.73 bits per heavy atom. The van der Waals surface area contributed by atoms with Crippen molar-refractivity contribution in [1.29, 1.82) is 0 Å². The molecule has 0 aromatic heterocycles. The first kappa shape index (κ1) is 12.2. The summed E-state index contributed by atoms with van der Waals surface area (Å²) in [6.45, 7) is 4.08. The van der Waals surface area contributed by atoms with Gasteiger partial charge in [-0.25, -0.2) is 0 Å². The van der Waals surface area contributed by atoms with Gasteiger partial charge in [-0.05, 0) is 17.9 Å². The van der Waals surface area contributed by atoms with E-state index in [0.29, 0.717) is 5.92 Å². The first-order valence-corrected chi connectivity index (χ1v) is 5.49. The highest BCUT2D eigenvalue weighted by atomic mass is 16.3. The summed E-state index contributed by atoms with van der Waals surface area (Å²) < 4.78 is 0. The Kier molecular flexibility index (Phi) is 4.79. The van der Waals surface area contributed by atoms with Crippen molar-refractivity contribution in [2.24, 2.45) is 5.92 Å². The van der Waals surface area contributed by atoms with Crippen molar-refractivity contribution in [3.63, 3.8) is 0 Å². The molecule has 1 rings (SSSR count). The van der Waals surface area contributed by atoms with Crippen molar-refractivity contribution in [3.05, 3.63) is 35.9 Å². The van der Waals surface area contributed by atoms with Gasteiger partial charge in [0.25, 0.3) is 0 Å². The summed E-state index contributed by atoms with van der Waals surface area (Å²) >= 11 is 0. The monoisotopic (exact) mass is 208 g/mol. The van der Waals surface area contributed by atoms with Crippen molar-refractivity contribution in [1.82, 2.24) is 0 Å². The lowest BCUT2D eigenvalue weighted by Gasteiger charge is -2.23. The minimum atomic E-state index is -0.658. The summed E-state index contributed by atoms with van der Waals surface area (Å²) in [5.41, 5.74) is 1.10. The van der Waals surface area contributed by atoms with E-state index in [0.717, 1.165) is 12.0 Å². The Balaban J connectivity index is 2.81. The normalized spacial score (nSPS) is 15.3. The second-order valence-electron chi connectivity index (χ2n) is 4.40. The van der Waals surface area contributed by atoms with Crippen molar-refractivity contribution in [3.8, 4) is 0 Å². The summed E-state index contributed by atoms with van der Waals surface area (Å²) in [7, 11) is 0. The summed E-state index contributed by atoms with van der Waals surface area (Å²) in [6, 6.07) is 9.90. The third-order valence-corrected chi connectivity index (χ3v) is 2.60. The summed E-state index contributed by atoms with van der Waals surface area (Å²) in [5.74, 6) is 0.549. The van der Waals surface area contributed by atoms with Crippen molar-refractivity contribution in [2.75, 3.05) is 6.61 Å². The van der Waals surface area contributed by atoms with E-state index in [4.69, 9.17) is 5.11 Å². The molecule has 2 nitrogen and oxygen atoms in total. The molecule has 1 aromatic rings. The van der Waals surface area contributed by atoms with Gasteiger partial charge in [0.15, 0.2) is 0 Å². The van der Waals surface area contributed by atoms with Crippen LogP contribution < -0.4 is 0 Å². The highest BCUT2D eigenvalue weighted by Crippen LogP contribution is 2.26. The highest BCUT2D eigenvalue weighted by molar-refractivity contribution is 5.20. The molecular weight excluding hydrogens is 188 g/mol. The van der Waals surface area contributed by atoms with Crippen LogP contribution in [0.4, 0.5) is 0 Å². The molecule has 0 aliphatic rings. The Morgan fingerprint density at radius 3 is 2.20 bits per heavy atom. The zero-order valence-corrected chi connectivity index (χ0v) is 9.43. The number of rotatable bonds is 5. The number of aliphatic hydroxyl groups excluding tert-OH is 2. The Labute approximate surface area is 91.6 Å². The van der Waals surface area contributed by atoms with Gasteiger partial charge in [0.1, 0.15) is 0 Å². The molecule has 0 radical (unpaired) electrons. The Morgan fingerprint density at radius 1 is 1.13 bits per heavy atom. The average Bonchev–Trinajstić information content (AvgIpc) is 2.26. The number of hydrogen-bond acceptors (Lipinski definition) is 2. The molecule has 0 aliphatic carbocycles. The molecule has 0 fully saturated rings. The standard InChI is InChI=1S/C13H20O2/c1-10(2)8-12(13(15)9-14)11-6-4-3-5-7-11/h3-7,10,12-15H,8-9H2,1-2H3. The second kappa shape index (κ2) is 5.89. The molecule has 0 spiro atoms. The highest BCUT2D eigenvalue weighted by Gasteiger charge is 2.21. The van der Waals surface area contributed by atoms with Gasteiger partial charge in [0.05, 0.1) is 12.7 Å². The fourth-order valence-corrected chi connectivity index (χ4v) is 1.85. The van der Waals surface area contributed by atoms with Gasteiger partial charge in [0, 0.05) is 5.92 Å². The van der Waals surface area contributed by atoms with E-state index >= 15 is 0 Å². The van der Waals surface area contributed by atoms with Crippen molar-refractivity contribution in [2.45, 2.75) is 32.3 Å². The molecule has 2 unspecified atom stereocenters. The Hall–Kier alpha value is -0.860. The van der Waals surface area contributed by atoms with Crippen LogP contribution in [0.2, 0.25) is 0 Å². The molecule has 0 aliphatic heterocycles. The number of aliphatic hydroxyl groups is 2. The first-order chi connectivity index (χ1) is 7.15. The maximum absolute atomic E-state index is 9.77. The predicted octanol–water partition coefficient (Wildman–Crippen LogP) is 2.17. The molecule has 0 saturated carbocycles. The topological polar surface area (TPSA) is 40.5 Å². The fraction of sp³-hybridized carbons (Fsp3) is 0.538. The summed E-state index contributed by atoms with van der Waals surface area (Å²) in [6.07, 6.45) is 0.237. The fourth-order valence-electron chi connectivity index (χ4n) is 1.85. The van der Waals surface area contributed by atoms with E-state index < -0.39 is 6.10 Å². The van der Waals surface area contributed by atoms with Crippen molar-refractivity contribution < 1.29 is 10.2 Å². The minimum Gasteiger partial charge on any atom is -0.394 e. The molecule has 84 valence electrons. The zero-order valence-electron chi connectivity index (χ0n) is 9.43. The van der Waals surface area contributed by atoms with Gasteiger partial charge in [-0.1, -0.05) is 44.2 Å². The first-order valence-electron chi connectivity index (χ1n) is 5.49. The molecule has 2 heteroatoms. The van der Waals surface area contributed by atoms with E-state index in [-0.39, 0.29) is 12.5 Å². The molecular formula is C13H20O2. The van der Waals surface area contributed by atoms with Crippen LogP contribution in [0.1, 0.15) is 31.7 Å². The lowest BCUT2D eigenvalue weighted by molar-refractivity contribution is 0.0663. The van der Waals surface area contributed by atoms with E-state index in [1.165, 1.54) is 0 Å². The van der Waals surface area contributed by atoms with Crippen LogP contribution in [-0.2, 0) is 0 Å². The maximum Gasteiger partial charge on any atom is 0.0839 e. The zero-order chi connectivity index (χ0) is 11.3. The van der Waals surface area contributed by atoms with Gasteiger partial charge in [-0.3, -0.25) is 0 Å². The van der Waals surface area contributed by atoms with Gasteiger partial charge >= 0.3 is 0 Å². The van der Waals surface area contributed by atoms with Crippen LogP contribution in [0.5, 0.6) is 0 Å². The predicted molar refractivity (Wildman–Crippen MR) is 61.7 cm³/mol. The smallest absolute Gasteiger partial charge is 0.0839 e. The van der Waals surface area contributed by atoms with Crippen LogP contribution in [0.15, 0.2) is 30.3 Å².